The first-order valence-electron chi connectivity index (χ1n) is 9.67. The highest BCUT2D eigenvalue weighted by Crippen LogP contribution is 2.26. The average molecular weight is 380 g/mol. The Morgan fingerprint density at radius 1 is 1.11 bits per heavy atom. The summed E-state index contributed by atoms with van der Waals surface area (Å²) in [7, 11) is 0. The lowest BCUT2D eigenvalue weighted by Gasteiger charge is -2.20. The Bertz CT molecular complexity index is 981. The van der Waals surface area contributed by atoms with Crippen molar-refractivity contribution < 1.29 is 4.79 Å². The fourth-order valence-electron chi connectivity index (χ4n) is 2.87. The number of aromatic nitrogens is 3. The highest BCUT2D eigenvalue weighted by Gasteiger charge is 2.24. The van der Waals surface area contributed by atoms with Gasteiger partial charge in [0.25, 0.3) is 5.91 Å². The van der Waals surface area contributed by atoms with E-state index in [0.717, 1.165) is 16.9 Å². The minimum atomic E-state index is -0.301. The minimum absolute atomic E-state index is 0.164. The molecule has 0 aliphatic heterocycles. The quantitative estimate of drug-likeness (QED) is 0.678. The fourth-order valence-corrected chi connectivity index (χ4v) is 2.87. The van der Waals surface area contributed by atoms with Gasteiger partial charge in [0.15, 0.2) is 11.3 Å². The molecule has 0 aliphatic rings. The molecule has 0 aliphatic carbocycles. The molecule has 0 saturated heterocycles. The molecule has 28 heavy (non-hydrogen) atoms. The number of nitrogens with zero attached hydrogens (tertiary/aromatic N) is 3. The Morgan fingerprint density at radius 3 is 2.39 bits per heavy atom. The van der Waals surface area contributed by atoms with Crippen molar-refractivity contribution in [3.05, 3.63) is 47.7 Å². The van der Waals surface area contributed by atoms with Gasteiger partial charge in [0, 0.05) is 12.2 Å². The number of rotatable bonds is 5. The number of hydrogen-bond acceptors (Lipinski definition) is 4. The molecule has 148 valence electrons. The van der Waals surface area contributed by atoms with E-state index < -0.39 is 0 Å². The van der Waals surface area contributed by atoms with Crippen LogP contribution in [0.1, 0.15) is 50.7 Å². The molecule has 1 amide bonds. The van der Waals surface area contributed by atoms with Gasteiger partial charge >= 0.3 is 0 Å². The Morgan fingerprint density at radius 2 is 1.79 bits per heavy atom. The zero-order chi connectivity index (χ0) is 20.5. The monoisotopic (exact) mass is 379 g/mol. The molecule has 0 fully saturated rings. The first-order chi connectivity index (χ1) is 13.1. The summed E-state index contributed by atoms with van der Waals surface area (Å²) in [6.45, 7) is 13.0. The SMILES string of the molecule is Cc1ccc(Nc2ccc3c(C(=O)NCC(C)C)nn(C(C)(C)C)c3n2)cc1. The summed E-state index contributed by atoms with van der Waals surface area (Å²) in [5.74, 6) is 0.932. The number of hydrogen-bond donors (Lipinski definition) is 2. The lowest BCUT2D eigenvalue weighted by Crippen LogP contribution is -2.29. The average Bonchev–Trinajstić information content (AvgIpc) is 3.01. The number of carbonyl (C=O) groups is 1. The molecule has 0 spiro atoms. The van der Waals surface area contributed by atoms with E-state index >= 15 is 0 Å². The zero-order valence-corrected chi connectivity index (χ0v) is 17.5. The summed E-state index contributed by atoms with van der Waals surface area (Å²) in [4.78, 5) is 17.4. The van der Waals surface area contributed by atoms with Crippen molar-refractivity contribution in [1.29, 1.82) is 0 Å². The van der Waals surface area contributed by atoms with E-state index in [4.69, 9.17) is 4.98 Å². The first kappa shape index (κ1) is 19.9. The van der Waals surface area contributed by atoms with Crippen molar-refractivity contribution in [2.45, 2.75) is 47.1 Å². The Hall–Kier alpha value is -2.89. The van der Waals surface area contributed by atoms with Crippen LogP contribution in [0.15, 0.2) is 36.4 Å². The van der Waals surface area contributed by atoms with Gasteiger partial charge in [-0.1, -0.05) is 31.5 Å². The number of nitrogens with one attached hydrogen (secondary N) is 2. The summed E-state index contributed by atoms with van der Waals surface area (Å²) < 4.78 is 1.83. The van der Waals surface area contributed by atoms with Crippen LogP contribution in [0.3, 0.4) is 0 Å². The van der Waals surface area contributed by atoms with Crippen molar-refractivity contribution in [1.82, 2.24) is 20.1 Å². The molecule has 3 rings (SSSR count). The number of aryl methyl sites for hydroxylation is 1. The third-order valence-corrected chi connectivity index (χ3v) is 4.38. The molecule has 2 heterocycles. The van der Waals surface area contributed by atoms with E-state index in [1.165, 1.54) is 5.56 Å². The number of benzene rings is 1. The van der Waals surface area contributed by atoms with E-state index in [1.807, 2.05) is 28.9 Å². The van der Waals surface area contributed by atoms with Gasteiger partial charge < -0.3 is 10.6 Å². The van der Waals surface area contributed by atoms with Crippen LogP contribution in [0.5, 0.6) is 0 Å². The minimum Gasteiger partial charge on any atom is -0.350 e. The van der Waals surface area contributed by atoms with Gasteiger partial charge in [-0.05, 0) is 57.9 Å². The van der Waals surface area contributed by atoms with Crippen LogP contribution >= 0.6 is 0 Å². The molecule has 0 radical (unpaired) electrons. The number of carbonyl (C=O) groups excluding carboxylic acids is 1. The van der Waals surface area contributed by atoms with Crippen LogP contribution in [0, 0.1) is 12.8 Å². The van der Waals surface area contributed by atoms with E-state index in [0.29, 0.717) is 23.8 Å². The molecule has 6 nitrogen and oxygen atoms in total. The molecule has 0 unspecified atom stereocenters. The first-order valence-corrected chi connectivity index (χ1v) is 9.67. The number of amides is 1. The highest BCUT2D eigenvalue weighted by atomic mass is 16.1. The topological polar surface area (TPSA) is 71.8 Å². The van der Waals surface area contributed by atoms with Crippen LogP contribution in [0.25, 0.3) is 11.0 Å². The van der Waals surface area contributed by atoms with Crippen molar-refractivity contribution in [3.63, 3.8) is 0 Å². The molecular formula is C22H29N5O. The maximum atomic E-state index is 12.7. The van der Waals surface area contributed by atoms with Gasteiger partial charge in [0.2, 0.25) is 0 Å². The van der Waals surface area contributed by atoms with Gasteiger partial charge in [-0.15, -0.1) is 0 Å². The van der Waals surface area contributed by atoms with Crippen LogP contribution in [-0.4, -0.2) is 27.2 Å². The largest absolute Gasteiger partial charge is 0.350 e. The number of pyridine rings is 1. The fraction of sp³-hybridized carbons (Fsp3) is 0.409. The summed E-state index contributed by atoms with van der Waals surface area (Å²) in [6.07, 6.45) is 0. The molecule has 0 saturated carbocycles. The normalized spacial score (nSPS) is 11.8. The third kappa shape index (κ3) is 4.32. The molecule has 2 N–H and O–H groups in total. The second-order valence-electron chi connectivity index (χ2n) is 8.59. The van der Waals surface area contributed by atoms with E-state index in [9.17, 15) is 4.79 Å². The maximum absolute atomic E-state index is 12.7. The van der Waals surface area contributed by atoms with Crippen LogP contribution in [0.4, 0.5) is 11.5 Å². The number of fused-ring (bicyclic) bond motifs is 1. The molecular weight excluding hydrogens is 350 g/mol. The molecule has 6 heteroatoms. The van der Waals surface area contributed by atoms with Crippen LogP contribution in [0.2, 0.25) is 0 Å². The van der Waals surface area contributed by atoms with Crippen molar-refractivity contribution >= 4 is 28.4 Å². The van der Waals surface area contributed by atoms with Gasteiger partial charge in [-0.3, -0.25) is 4.79 Å². The molecule has 0 atom stereocenters. The molecule has 3 aromatic rings. The second kappa shape index (κ2) is 7.62. The lowest BCUT2D eigenvalue weighted by molar-refractivity contribution is 0.0944. The predicted octanol–water partition coefficient (Wildman–Crippen LogP) is 4.62. The van der Waals surface area contributed by atoms with Crippen molar-refractivity contribution in [2.75, 3.05) is 11.9 Å². The van der Waals surface area contributed by atoms with Gasteiger partial charge in [0.1, 0.15) is 5.82 Å². The van der Waals surface area contributed by atoms with Gasteiger partial charge in [-0.2, -0.15) is 5.10 Å². The molecule has 2 aromatic heterocycles. The maximum Gasteiger partial charge on any atom is 0.272 e. The van der Waals surface area contributed by atoms with Crippen LogP contribution in [-0.2, 0) is 5.54 Å². The standard InChI is InChI=1S/C22H29N5O/c1-14(2)13-23-21(28)19-17-11-12-18(24-16-9-7-15(3)8-10-16)25-20(17)27(26-19)22(4,5)6/h7-12,14H,13H2,1-6H3,(H,23,28)(H,24,25). The van der Waals surface area contributed by atoms with E-state index in [1.54, 1.807) is 0 Å². The summed E-state index contributed by atoms with van der Waals surface area (Å²) in [6, 6.07) is 11.9. The van der Waals surface area contributed by atoms with Crippen molar-refractivity contribution in [3.8, 4) is 0 Å². The van der Waals surface area contributed by atoms with Gasteiger partial charge in [0.05, 0.1) is 10.9 Å². The number of anilines is 2. The van der Waals surface area contributed by atoms with Crippen molar-refractivity contribution in [2.24, 2.45) is 5.92 Å². The van der Waals surface area contributed by atoms with Crippen LogP contribution < -0.4 is 10.6 Å². The van der Waals surface area contributed by atoms with E-state index in [-0.39, 0.29) is 11.4 Å². The summed E-state index contributed by atoms with van der Waals surface area (Å²) in [5.41, 5.74) is 2.98. The highest BCUT2D eigenvalue weighted by molar-refractivity contribution is 6.04. The Kier molecular flexibility index (Phi) is 5.40. The summed E-state index contributed by atoms with van der Waals surface area (Å²) >= 11 is 0. The zero-order valence-electron chi connectivity index (χ0n) is 17.5. The second-order valence-corrected chi connectivity index (χ2v) is 8.59. The summed E-state index contributed by atoms with van der Waals surface area (Å²) in [5, 5.41) is 11.7. The smallest absolute Gasteiger partial charge is 0.272 e. The third-order valence-electron chi connectivity index (χ3n) is 4.38. The lowest BCUT2D eigenvalue weighted by atomic mass is 10.1. The molecule has 0 bridgehead atoms. The Labute approximate surface area is 166 Å². The van der Waals surface area contributed by atoms with E-state index in [2.05, 4.69) is 69.4 Å². The molecule has 1 aromatic carbocycles. The Balaban J connectivity index is 2.01. The van der Waals surface area contributed by atoms with Gasteiger partial charge in [-0.25, -0.2) is 9.67 Å². The predicted molar refractivity (Wildman–Crippen MR) is 114 cm³/mol.